The molecule has 0 heterocycles. The molecule has 1 atom stereocenters. The van der Waals surface area contributed by atoms with Gasteiger partial charge in [0.05, 0.1) is 27.4 Å². The van der Waals surface area contributed by atoms with Crippen molar-refractivity contribution < 1.29 is 36.2 Å². The Morgan fingerprint density at radius 1 is 1.06 bits per heavy atom. The summed E-state index contributed by atoms with van der Waals surface area (Å²) in [6, 6.07) is 5.49. The molecule has 2 N–H and O–H groups in total. The second-order valence-corrected chi connectivity index (χ2v) is 8.08. The highest BCUT2D eigenvalue weighted by Gasteiger charge is 2.30. The van der Waals surface area contributed by atoms with Gasteiger partial charge in [-0.3, -0.25) is 14.1 Å². The lowest BCUT2D eigenvalue weighted by molar-refractivity contribution is -0.119. The maximum Gasteiger partial charge on any atom is 0.446 e. The van der Waals surface area contributed by atoms with Gasteiger partial charge in [-0.15, -0.1) is 0 Å². The monoisotopic (exact) mass is 465 g/mol. The lowest BCUT2D eigenvalue weighted by Gasteiger charge is -2.19. The molecule has 1 amide bonds. The Balaban J connectivity index is 2.41. The molecule has 1 aliphatic carbocycles. The Kier molecular flexibility index (Phi) is 6.60. The van der Waals surface area contributed by atoms with Crippen LogP contribution in [0.15, 0.2) is 29.1 Å². The van der Waals surface area contributed by atoms with Crippen molar-refractivity contribution in [2.75, 3.05) is 21.3 Å². The Morgan fingerprint density at radius 3 is 2.31 bits per heavy atom. The fraction of sp³-hybridized carbons (Fsp3) is 0.333. The summed E-state index contributed by atoms with van der Waals surface area (Å²) < 4.78 is 52.7. The summed E-state index contributed by atoms with van der Waals surface area (Å²) in [7, 11) is -0.792. The number of amides is 1. The second kappa shape index (κ2) is 9.05. The molecule has 2 aromatic rings. The quantitative estimate of drug-likeness (QED) is 0.614. The van der Waals surface area contributed by atoms with E-state index < -0.39 is 16.4 Å². The number of carbonyl (C=O) groups excluding carboxylic acids is 1. The van der Waals surface area contributed by atoms with Gasteiger partial charge in [-0.2, -0.15) is 8.42 Å². The maximum atomic E-state index is 12.7. The van der Waals surface area contributed by atoms with Crippen molar-refractivity contribution in [3.63, 3.8) is 0 Å². The molecule has 0 fully saturated rings. The van der Waals surface area contributed by atoms with Crippen molar-refractivity contribution in [1.82, 2.24) is 5.32 Å². The number of ether oxygens (including phenoxy) is 3. The van der Waals surface area contributed by atoms with Crippen molar-refractivity contribution >= 4 is 16.3 Å². The van der Waals surface area contributed by atoms with Crippen LogP contribution in [0.4, 0.5) is 0 Å². The first-order valence-electron chi connectivity index (χ1n) is 9.54. The molecule has 0 unspecified atom stereocenters. The highest BCUT2D eigenvalue weighted by Crippen LogP contribution is 2.50. The first-order chi connectivity index (χ1) is 15.1. The van der Waals surface area contributed by atoms with Crippen LogP contribution in [0.2, 0.25) is 0 Å². The number of hydrogen-bond acceptors (Lipinski definition) is 8. The average Bonchev–Trinajstić information content (AvgIpc) is 2.94. The maximum absolute atomic E-state index is 12.7. The van der Waals surface area contributed by atoms with Crippen LogP contribution in [0.3, 0.4) is 0 Å². The summed E-state index contributed by atoms with van der Waals surface area (Å²) in [5, 5.41) is 2.85. The van der Waals surface area contributed by atoms with E-state index in [-0.39, 0.29) is 34.3 Å². The topological polar surface area (TPSA) is 137 Å². The standard InChI is InChI=1S/C21H23NO9S/c1-11(23)22-15-7-5-12-9-18(31-32(25,26)27)20(29-3)21(30-4)19(12)13-6-8-17(28-2)16(24)10-14(13)15/h6,8-10,15H,5,7H2,1-4H3,(H,22,23)(H,25,26,27)/t15-/m0/s1. The van der Waals surface area contributed by atoms with E-state index >= 15 is 0 Å². The second-order valence-electron chi connectivity index (χ2n) is 7.06. The third kappa shape index (κ3) is 4.63. The largest absolute Gasteiger partial charge is 0.493 e. The molecule has 0 aliphatic heterocycles. The number of aryl methyl sites for hydroxylation is 1. The van der Waals surface area contributed by atoms with Crippen LogP contribution in [0, 0.1) is 0 Å². The fourth-order valence-electron chi connectivity index (χ4n) is 3.89. The summed E-state index contributed by atoms with van der Waals surface area (Å²) in [5.41, 5.74) is 1.87. The number of methoxy groups -OCH3 is 3. The van der Waals surface area contributed by atoms with Crippen LogP contribution in [-0.2, 0) is 21.6 Å². The molecular weight excluding hydrogens is 442 g/mol. The zero-order valence-electron chi connectivity index (χ0n) is 17.9. The van der Waals surface area contributed by atoms with Crippen LogP contribution in [-0.4, -0.2) is 40.2 Å². The van der Waals surface area contributed by atoms with E-state index in [9.17, 15) is 22.6 Å². The molecule has 0 radical (unpaired) electrons. The molecule has 32 heavy (non-hydrogen) atoms. The minimum Gasteiger partial charge on any atom is -0.493 e. The van der Waals surface area contributed by atoms with Gasteiger partial charge in [0.1, 0.15) is 0 Å². The minimum atomic E-state index is -4.83. The van der Waals surface area contributed by atoms with E-state index in [1.165, 1.54) is 46.5 Å². The van der Waals surface area contributed by atoms with E-state index in [2.05, 4.69) is 5.32 Å². The molecule has 0 saturated heterocycles. The Hall–Kier alpha value is -3.31. The number of fused-ring (bicyclic) bond motifs is 3. The summed E-state index contributed by atoms with van der Waals surface area (Å²) >= 11 is 0. The van der Waals surface area contributed by atoms with Crippen molar-refractivity contribution in [1.29, 1.82) is 0 Å². The van der Waals surface area contributed by atoms with Gasteiger partial charge in [-0.25, -0.2) is 0 Å². The van der Waals surface area contributed by atoms with Gasteiger partial charge >= 0.3 is 10.4 Å². The number of nitrogens with one attached hydrogen (secondary N) is 1. The van der Waals surface area contributed by atoms with Crippen LogP contribution in [0.1, 0.15) is 30.5 Å². The number of rotatable bonds is 6. The van der Waals surface area contributed by atoms with Gasteiger partial charge in [0.2, 0.25) is 17.1 Å². The van der Waals surface area contributed by atoms with Crippen molar-refractivity contribution in [2.24, 2.45) is 0 Å². The highest BCUT2D eigenvalue weighted by atomic mass is 32.3. The van der Waals surface area contributed by atoms with Gasteiger partial charge in [0.25, 0.3) is 0 Å². The lowest BCUT2D eigenvalue weighted by atomic mass is 9.95. The zero-order chi connectivity index (χ0) is 23.6. The third-order valence-electron chi connectivity index (χ3n) is 5.07. The Morgan fingerprint density at radius 2 is 1.75 bits per heavy atom. The first kappa shape index (κ1) is 23.4. The first-order valence-corrected chi connectivity index (χ1v) is 10.9. The van der Waals surface area contributed by atoms with Gasteiger partial charge < -0.3 is 23.7 Å². The van der Waals surface area contributed by atoms with Gasteiger partial charge in [0, 0.05) is 12.5 Å². The third-order valence-corrected chi connectivity index (χ3v) is 5.46. The molecule has 1 aliphatic rings. The average molecular weight is 465 g/mol. The van der Waals surface area contributed by atoms with Crippen LogP contribution in [0.25, 0.3) is 11.1 Å². The van der Waals surface area contributed by atoms with E-state index in [0.717, 1.165) is 0 Å². The van der Waals surface area contributed by atoms with Crippen LogP contribution >= 0.6 is 0 Å². The summed E-state index contributed by atoms with van der Waals surface area (Å²) in [6.45, 7) is 1.38. The molecule has 2 aromatic carbocycles. The van der Waals surface area contributed by atoms with Gasteiger partial charge in [-0.1, -0.05) is 6.07 Å². The molecule has 3 rings (SSSR count). The van der Waals surface area contributed by atoms with Crippen molar-refractivity contribution in [3.05, 3.63) is 45.6 Å². The Labute approximate surface area is 185 Å². The molecule has 11 heteroatoms. The van der Waals surface area contributed by atoms with E-state index in [1.54, 1.807) is 6.07 Å². The van der Waals surface area contributed by atoms with Crippen molar-refractivity contribution in [2.45, 2.75) is 25.8 Å². The van der Waals surface area contributed by atoms with Gasteiger partial charge in [-0.05, 0) is 47.7 Å². The summed E-state index contributed by atoms with van der Waals surface area (Å²) in [6.07, 6.45) is 0.762. The van der Waals surface area contributed by atoms with E-state index in [0.29, 0.717) is 35.1 Å². The van der Waals surface area contributed by atoms with Gasteiger partial charge in [0.15, 0.2) is 17.2 Å². The molecule has 0 spiro atoms. The molecule has 0 aromatic heterocycles. The summed E-state index contributed by atoms with van der Waals surface area (Å²) in [5.74, 6) is -0.344. The molecule has 0 bridgehead atoms. The fourth-order valence-corrected chi connectivity index (χ4v) is 4.24. The predicted molar refractivity (Wildman–Crippen MR) is 115 cm³/mol. The van der Waals surface area contributed by atoms with Crippen molar-refractivity contribution in [3.8, 4) is 34.1 Å². The lowest BCUT2D eigenvalue weighted by Crippen LogP contribution is -2.26. The number of carbonyl (C=O) groups is 1. The summed E-state index contributed by atoms with van der Waals surface area (Å²) in [4.78, 5) is 24.5. The number of hydrogen-bond donors (Lipinski definition) is 2. The Bertz CT molecular complexity index is 1220. The molecule has 172 valence electrons. The minimum absolute atomic E-state index is 0.0615. The normalized spacial score (nSPS) is 15.0. The molecular formula is C21H23NO9S. The molecule has 0 saturated carbocycles. The SMILES string of the molecule is COc1c(OS(=O)(=O)O)cc2c(c1OC)-c1ccc(OC)c(=O)cc1[C@@H](NC(C)=O)CC2. The van der Waals surface area contributed by atoms with E-state index in [1.807, 2.05) is 0 Å². The number of benzene rings is 1. The van der Waals surface area contributed by atoms with Crippen LogP contribution in [0.5, 0.6) is 23.0 Å². The predicted octanol–water partition coefficient (Wildman–Crippen LogP) is 2.04. The van der Waals surface area contributed by atoms with Crippen LogP contribution < -0.4 is 29.1 Å². The molecule has 10 nitrogen and oxygen atoms in total. The zero-order valence-corrected chi connectivity index (χ0v) is 18.7. The smallest absolute Gasteiger partial charge is 0.446 e. The van der Waals surface area contributed by atoms with E-state index in [4.69, 9.17) is 18.4 Å². The highest BCUT2D eigenvalue weighted by molar-refractivity contribution is 7.81.